The van der Waals surface area contributed by atoms with E-state index in [1.807, 2.05) is 30.3 Å². The number of rotatable bonds is 11. The van der Waals surface area contributed by atoms with Crippen LogP contribution in [0.3, 0.4) is 0 Å². The second-order valence-corrected chi connectivity index (χ2v) is 14.2. The lowest BCUT2D eigenvalue weighted by atomic mass is 9.94. The molecule has 1 unspecified atom stereocenters. The van der Waals surface area contributed by atoms with Crippen molar-refractivity contribution < 1.29 is 18.0 Å². The number of hydrogen-bond donors (Lipinski definition) is 1. The maximum Gasteiger partial charge on any atom is 0.244 e. The first-order valence-electron chi connectivity index (χ1n) is 13.9. The molecule has 0 aromatic heterocycles. The first-order chi connectivity index (χ1) is 20.4. The van der Waals surface area contributed by atoms with Crippen LogP contribution in [0, 0.1) is 0 Å². The van der Waals surface area contributed by atoms with Crippen molar-refractivity contribution in [1.29, 1.82) is 0 Å². The number of carbonyl (C=O) groups excluding carboxylic acids is 2. The van der Waals surface area contributed by atoms with E-state index in [-0.39, 0.29) is 35.6 Å². The summed E-state index contributed by atoms with van der Waals surface area (Å²) in [5.74, 6) is -0.963. The van der Waals surface area contributed by atoms with Gasteiger partial charge in [-0.3, -0.25) is 13.9 Å². The highest BCUT2D eigenvalue weighted by Crippen LogP contribution is 2.32. The average molecular weight is 686 g/mol. The van der Waals surface area contributed by atoms with E-state index in [0.717, 1.165) is 48.2 Å². The summed E-state index contributed by atoms with van der Waals surface area (Å²) in [5.41, 5.74) is 1.36. The van der Waals surface area contributed by atoms with Crippen molar-refractivity contribution in [2.45, 2.75) is 57.2 Å². The third-order valence-corrected chi connectivity index (χ3v) is 9.84. The van der Waals surface area contributed by atoms with Crippen LogP contribution in [0.1, 0.15) is 43.2 Å². The largest absolute Gasteiger partial charge is 0.352 e. The summed E-state index contributed by atoms with van der Waals surface area (Å²) in [5, 5.41) is 4.16. The monoisotopic (exact) mass is 683 g/mol. The van der Waals surface area contributed by atoms with E-state index in [2.05, 4.69) is 5.32 Å². The second-order valence-electron chi connectivity index (χ2n) is 10.6. The van der Waals surface area contributed by atoms with E-state index in [1.165, 1.54) is 23.1 Å². The minimum Gasteiger partial charge on any atom is -0.352 e. The molecule has 1 aliphatic rings. The summed E-state index contributed by atoms with van der Waals surface area (Å²) in [6, 6.07) is 17.6. The Morgan fingerprint density at radius 1 is 0.884 bits per heavy atom. The highest BCUT2D eigenvalue weighted by molar-refractivity contribution is 7.92. The van der Waals surface area contributed by atoms with Crippen molar-refractivity contribution >= 4 is 73.9 Å². The first kappa shape index (κ1) is 33.4. The van der Waals surface area contributed by atoms with Crippen LogP contribution < -0.4 is 9.62 Å². The van der Waals surface area contributed by atoms with Crippen molar-refractivity contribution in [3.05, 3.63) is 97.9 Å². The van der Waals surface area contributed by atoms with Gasteiger partial charge in [-0.1, -0.05) is 102 Å². The Kier molecular flexibility index (Phi) is 11.6. The lowest BCUT2D eigenvalue weighted by Gasteiger charge is -2.35. The van der Waals surface area contributed by atoms with Crippen molar-refractivity contribution in [1.82, 2.24) is 10.2 Å². The van der Waals surface area contributed by atoms with E-state index < -0.39 is 28.5 Å². The summed E-state index contributed by atoms with van der Waals surface area (Å²) >= 11 is 25.5. The normalized spacial score (nSPS) is 14.6. The Morgan fingerprint density at radius 3 is 2.14 bits per heavy atom. The van der Waals surface area contributed by atoms with Gasteiger partial charge in [-0.15, -0.1) is 0 Å². The van der Waals surface area contributed by atoms with Crippen molar-refractivity contribution in [3.63, 3.8) is 0 Å². The molecular weight excluding hydrogens is 652 g/mol. The number of anilines is 1. The van der Waals surface area contributed by atoms with Gasteiger partial charge < -0.3 is 10.2 Å². The summed E-state index contributed by atoms with van der Waals surface area (Å²) in [7, 11) is -3.99. The number of nitrogens with one attached hydrogen (secondary N) is 1. The minimum atomic E-state index is -3.99. The van der Waals surface area contributed by atoms with Crippen LogP contribution in [0.25, 0.3) is 0 Å². The molecule has 0 radical (unpaired) electrons. The van der Waals surface area contributed by atoms with Gasteiger partial charge in [0, 0.05) is 39.6 Å². The molecule has 230 valence electrons. The molecule has 1 aliphatic carbocycles. The molecule has 43 heavy (non-hydrogen) atoms. The molecular formula is C31H33Cl4N3O4S. The molecule has 1 atom stereocenters. The third-order valence-electron chi connectivity index (χ3n) is 7.47. The zero-order valence-electron chi connectivity index (χ0n) is 23.6. The van der Waals surface area contributed by atoms with Crippen LogP contribution in [0.4, 0.5) is 5.69 Å². The van der Waals surface area contributed by atoms with Crippen LogP contribution in [0.5, 0.6) is 0 Å². The molecule has 0 heterocycles. The maximum absolute atomic E-state index is 14.3. The fourth-order valence-electron chi connectivity index (χ4n) is 5.23. The fraction of sp³-hybridized carbons (Fsp3) is 0.355. The van der Waals surface area contributed by atoms with E-state index in [1.54, 1.807) is 18.2 Å². The summed E-state index contributed by atoms with van der Waals surface area (Å²) < 4.78 is 26.9. The van der Waals surface area contributed by atoms with Crippen molar-refractivity contribution in [2.75, 3.05) is 17.1 Å². The van der Waals surface area contributed by atoms with Gasteiger partial charge >= 0.3 is 0 Å². The Labute approximate surface area is 273 Å². The molecule has 12 heteroatoms. The van der Waals surface area contributed by atoms with Gasteiger partial charge in [0.15, 0.2) is 0 Å². The van der Waals surface area contributed by atoms with Gasteiger partial charge in [-0.05, 0) is 48.7 Å². The van der Waals surface area contributed by atoms with Gasteiger partial charge in [0.2, 0.25) is 21.8 Å². The second kappa shape index (κ2) is 15.0. The molecule has 7 nitrogen and oxygen atoms in total. The predicted octanol–water partition coefficient (Wildman–Crippen LogP) is 7.16. The lowest BCUT2D eigenvalue weighted by molar-refractivity contribution is -0.140. The molecule has 3 aromatic carbocycles. The number of sulfonamides is 1. The maximum atomic E-state index is 14.3. The van der Waals surface area contributed by atoms with Crippen LogP contribution >= 0.6 is 46.4 Å². The number of carbonyl (C=O) groups is 2. The average Bonchev–Trinajstić information content (AvgIpc) is 2.95. The van der Waals surface area contributed by atoms with Gasteiger partial charge in [0.05, 0.1) is 17.0 Å². The smallest absolute Gasteiger partial charge is 0.244 e. The van der Waals surface area contributed by atoms with Crippen molar-refractivity contribution in [2.24, 2.45) is 0 Å². The Morgan fingerprint density at radius 2 is 1.53 bits per heavy atom. The zero-order chi connectivity index (χ0) is 31.1. The van der Waals surface area contributed by atoms with Gasteiger partial charge in [-0.25, -0.2) is 8.42 Å². The number of hydrogen-bond acceptors (Lipinski definition) is 4. The minimum absolute atomic E-state index is 0.0132. The van der Waals surface area contributed by atoms with E-state index >= 15 is 0 Å². The summed E-state index contributed by atoms with van der Waals surface area (Å²) in [4.78, 5) is 29.7. The van der Waals surface area contributed by atoms with Crippen LogP contribution in [0.15, 0.2) is 66.7 Å². The van der Waals surface area contributed by atoms with Gasteiger partial charge in [0.25, 0.3) is 0 Å². The van der Waals surface area contributed by atoms with Gasteiger partial charge in [0.1, 0.15) is 12.6 Å². The standard InChI is InChI=1S/C31H33Cl4N3O4S/c1-43(41,42)38(28-16-15-22(32)18-27(28)35)20-30(39)37(19-24-25(33)13-8-14-26(24)34)29(17-21-9-4-2-5-10-21)31(40)36-23-11-6-3-7-12-23/h2,4-5,8-10,13-16,18,23,29H,3,6-7,11-12,17,19-20H2,1H3,(H,36,40). The molecule has 1 saturated carbocycles. The van der Waals surface area contributed by atoms with E-state index in [0.29, 0.717) is 20.6 Å². The molecule has 4 rings (SSSR count). The predicted molar refractivity (Wildman–Crippen MR) is 175 cm³/mol. The van der Waals surface area contributed by atoms with Crippen LogP contribution in [-0.2, 0) is 32.6 Å². The van der Waals surface area contributed by atoms with Crippen LogP contribution in [0.2, 0.25) is 20.1 Å². The molecule has 2 amide bonds. The highest BCUT2D eigenvalue weighted by atomic mass is 35.5. The zero-order valence-corrected chi connectivity index (χ0v) is 27.5. The molecule has 0 aliphatic heterocycles. The lowest BCUT2D eigenvalue weighted by Crippen LogP contribution is -2.55. The Bertz CT molecular complexity index is 1530. The molecule has 0 bridgehead atoms. The highest BCUT2D eigenvalue weighted by Gasteiger charge is 2.35. The molecule has 1 N–H and O–H groups in total. The van der Waals surface area contributed by atoms with Crippen molar-refractivity contribution in [3.8, 4) is 0 Å². The summed E-state index contributed by atoms with van der Waals surface area (Å²) in [6.07, 6.45) is 6.01. The molecule has 0 spiro atoms. The topological polar surface area (TPSA) is 86.8 Å². The van der Waals surface area contributed by atoms with Gasteiger partial charge in [-0.2, -0.15) is 0 Å². The molecule has 0 saturated heterocycles. The Hall–Kier alpha value is -2.49. The molecule has 3 aromatic rings. The number of benzene rings is 3. The van der Waals surface area contributed by atoms with E-state index in [4.69, 9.17) is 46.4 Å². The third kappa shape index (κ3) is 9.02. The van der Waals surface area contributed by atoms with Crippen LogP contribution in [-0.4, -0.2) is 50.0 Å². The number of halogens is 4. The number of amides is 2. The van der Waals surface area contributed by atoms with E-state index in [9.17, 15) is 18.0 Å². The summed E-state index contributed by atoms with van der Waals surface area (Å²) in [6.45, 7) is -0.747. The Balaban J connectivity index is 1.77. The fourth-order valence-corrected chi connectivity index (χ4v) is 7.17. The SMILES string of the molecule is CS(=O)(=O)N(CC(=O)N(Cc1c(Cl)cccc1Cl)C(Cc1ccccc1)C(=O)NC1CCCCC1)c1ccc(Cl)cc1Cl. The number of nitrogens with zero attached hydrogens (tertiary/aromatic N) is 2. The molecule has 1 fully saturated rings. The quantitative estimate of drug-likeness (QED) is 0.232. The first-order valence-corrected chi connectivity index (χ1v) is 17.3.